The third-order valence-electron chi connectivity index (χ3n) is 4.33. The van der Waals surface area contributed by atoms with Gasteiger partial charge >= 0.3 is 6.09 Å². The molecule has 0 aliphatic heterocycles. The molecule has 2 heterocycles. The standard InChI is InChI=1S/C22H26N2O4/c1-14-20(15(2)25)18-12-17(27-13-16-8-6-7-11-23-16)9-10-19(18)24(14)21(26)28-22(3,4)5/h6-12,15,25H,13H2,1-5H3. The van der Waals surface area contributed by atoms with Crippen LogP contribution in [-0.2, 0) is 11.3 Å². The average Bonchev–Trinajstić information content (AvgIpc) is 2.90. The number of hydrogen-bond donors (Lipinski definition) is 1. The van der Waals surface area contributed by atoms with Gasteiger partial charge in [-0.25, -0.2) is 9.36 Å². The average molecular weight is 382 g/mol. The van der Waals surface area contributed by atoms with Crippen LogP contribution in [-0.4, -0.2) is 26.4 Å². The van der Waals surface area contributed by atoms with E-state index in [1.54, 1.807) is 26.1 Å². The topological polar surface area (TPSA) is 73.6 Å². The van der Waals surface area contributed by atoms with Crippen molar-refractivity contribution in [1.29, 1.82) is 0 Å². The van der Waals surface area contributed by atoms with Crippen molar-refractivity contribution in [1.82, 2.24) is 9.55 Å². The Balaban J connectivity index is 2.00. The summed E-state index contributed by atoms with van der Waals surface area (Å²) in [5.41, 5.74) is 2.22. The van der Waals surface area contributed by atoms with Crippen LogP contribution in [0.4, 0.5) is 4.79 Å². The van der Waals surface area contributed by atoms with E-state index >= 15 is 0 Å². The molecule has 2 aromatic heterocycles. The summed E-state index contributed by atoms with van der Waals surface area (Å²) >= 11 is 0. The number of aromatic nitrogens is 2. The molecule has 1 N–H and O–H groups in total. The third kappa shape index (κ3) is 4.17. The van der Waals surface area contributed by atoms with Crippen molar-refractivity contribution in [3.63, 3.8) is 0 Å². The summed E-state index contributed by atoms with van der Waals surface area (Å²) in [6.45, 7) is 9.30. The molecular formula is C22H26N2O4. The fraction of sp³-hybridized carbons (Fsp3) is 0.364. The van der Waals surface area contributed by atoms with Gasteiger partial charge in [0.1, 0.15) is 18.0 Å². The minimum atomic E-state index is -0.739. The second-order valence-electron chi connectivity index (χ2n) is 7.78. The van der Waals surface area contributed by atoms with Gasteiger partial charge in [-0.2, -0.15) is 0 Å². The van der Waals surface area contributed by atoms with Crippen molar-refractivity contribution < 1.29 is 19.4 Å². The van der Waals surface area contributed by atoms with Gasteiger partial charge in [0.25, 0.3) is 0 Å². The number of ether oxygens (including phenoxy) is 2. The number of rotatable bonds is 4. The van der Waals surface area contributed by atoms with E-state index in [1.165, 1.54) is 4.57 Å². The third-order valence-corrected chi connectivity index (χ3v) is 4.33. The SMILES string of the molecule is Cc1c(C(C)O)c2cc(OCc3ccccn3)ccc2n1C(=O)OC(C)(C)C. The van der Waals surface area contributed by atoms with E-state index in [2.05, 4.69) is 4.98 Å². The molecule has 0 amide bonds. The van der Waals surface area contributed by atoms with Gasteiger partial charge in [-0.1, -0.05) is 6.07 Å². The molecule has 0 bridgehead atoms. The number of carbonyl (C=O) groups excluding carboxylic acids is 1. The van der Waals surface area contributed by atoms with Crippen LogP contribution in [0.2, 0.25) is 0 Å². The Morgan fingerprint density at radius 3 is 2.61 bits per heavy atom. The summed E-state index contributed by atoms with van der Waals surface area (Å²) in [6.07, 6.45) is 0.513. The summed E-state index contributed by atoms with van der Waals surface area (Å²) in [5.74, 6) is 0.640. The highest BCUT2D eigenvalue weighted by Crippen LogP contribution is 2.34. The minimum absolute atomic E-state index is 0.335. The molecule has 0 saturated heterocycles. The van der Waals surface area contributed by atoms with E-state index in [9.17, 15) is 9.90 Å². The van der Waals surface area contributed by atoms with E-state index in [-0.39, 0.29) is 0 Å². The molecule has 1 aromatic carbocycles. The van der Waals surface area contributed by atoms with Crippen LogP contribution in [0.15, 0.2) is 42.6 Å². The lowest BCUT2D eigenvalue weighted by atomic mass is 10.1. The van der Waals surface area contributed by atoms with Gasteiger partial charge in [-0.15, -0.1) is 0 Å². The zero-order valence-electron chi connectivity index (χ0n) is 16.9. The molecule has 0 spiro atoms. The maximum Gasteiger partial charge on any atom is 0.419 e. The van der Waals surface area contributed by atoms with Gasteiger partial charge in [-0.05, 0) is 65.0 Å². The first-order valence-corrected chi connectivity index (χ1v) is 9.26. The van der Waals surface area contributed by atoms with Gasteiger partial charge in [-0.3, -0.25) is 4.98 Å². The Hall–Kier alpha value is -2.86. The first-order valence-electron chi connectivity index (χ1n) is 9.26. The minimum Gasteiger partial charge on any atom is -0.487 e. The molecular weight excluding hydrogens is 356 g/mol. The van der Waals surface area contributed by atoms with Crippen molar-refractivity contribution >= 4 is 17.0 Å². The first kappa shape index (κ1) is 19.9. The van der Waals surface area contributed by atoms with Crippen LogP contribution in [0.3, 0.4) is 0 Å². The van der Waals surface area contributed by atoms with Crippen molar-refractivity contribution in [3.05, 3.63) is 59.5 Å². The second-order valence-corrected chi connectivity index (χ2v) is 7.78. The van der Waals surface area contributed by atoms with E-state index < -0.39 is 17.8 Å². The highest BCUT2D eigenvalue weighted by Gasteiger charge is 2.25. The Labute approximate surface area is 164 Å². The van der Waals surface area contributed by atoms with Crippen molar-refractivity contribution in [2.75, 3.05) is 0 Å². The normalized spacial score (nSPS) is 12.8. The van der Waals surface area contributed by atoms with Gasteiger partial charge in [0.15, 0.2) is 0 Å². The lowest BCUT2D eigenvalue weighted by molar-refractivity contribution is 0.0541. The zero-order chi connectivity index (χ0) is 20.5. The van der Waals surface area contributed by atoms with Gasteiger partial charge in [0, 0.05) is 22.8 Å². The van der Waals surface area contributed by atoms with Crippen LogP contribution < -0.4 is 4.74 Å². The molecule has 148 valence electrons. The maximum absolute atomic E-state index is 12.7. The molecule has 0 saturated carbocycles. The molecule has 1 atom stereocenters. The lowest BCUT2D eigenvalue weighted by Gasteiger charge is -2.20. The number of pyridine rings is 1. The molecule has 0 radical (unpaired) electrons. The van der Waals surface area contributed by atoms with Crippen LogP contribution in [0.25, 0.3) is 10.9 Å². The van der Waals surface area contributed by atoms with E-state index in [0.717, 1.165) is 11.1 Å². The lowest BCUT2D eigenvalue weighted by Crippen LogP contribution is -2.27. The predicted molar refractivity (Wildman–Crippen MR) is 108 cm³/mol. The number of hydrogen-bond acceptors (Lipinski definition) is 5. The Bertz CT molecular complexity index is 985. The second kappa shape index (κ2) is 7.64. The zero-order valence-corrected chi connectivity index (χ0v) is 16.9. The Kier molecular flexibility index (Phi) is 5.42. The number of carbonyl (C=O) groups is 1. The highest BCUT2D eigenvalue weighted by atomic mass is 16.6. The molecule has 3 aromatic rings. The van der Waals surface area contributed by atoms with Crippen molar-refractivity contribution in [2.45, 2.75) is 52.9 Å². The van der Waals surface area contributed by atoms with Gasteiger partial charge in [0.05, 0.1) is 17.3 Å². The number of aliphatic hydroxyl groups is 1. The largest absolute Gasteiger partial charge is 0.487 e. The summed E-state index contributed by atoms with van der Waals surface area (Å²) in [6, 6.07) is 11.1. The molecule has 3 rings (SSSR count). The monoisotopic (exact) mass is 382 g/mol. The van der Waals surface area contributed by atoms with Crippen LogP contribution >= 0.6 is 0 Å². The number of benzene rings is 1. The molecule has 6 nitrogen and oxygen atoms in total. The molecule has 0 aliphatic rings. The molecule has 28 heavy (non-hydrogen) atoms. The summed E-state index contributed by atoms with van der Waals surface area (Å²) in [4.78, 5) is 17.0. The van der Waals surface area contributed by atoms with E-state index in [4.69, 9.17) is 9.47 Å². The first-order chi connectivity index (χ1) is 13.2. The summed E-state index contributed by atoms with van der Waals surface area (Å²) < 4.78 is 12.9. The summed E-state index contributed by atoms with van der Waals surface area (Å²) in [5, 5.41) is 11.1. The molecule has 1 unspecified atom stereocenters. The number of aliphatic hydroxyl groups excluding tert-OH is 1. The Morgan fingerprint density at radius 2 is 2.00 bits per heavy atom. The van der Waals surface area contributed by atoms with E-state index in [1.807, 2.05) is 51.1 Å². The van der Waals surface area contributed by atoms with Gasteiger partial charge in [0.2, 0.25) is 0 Å². The highest BCUT2D eigenvalue weighted by molar-refractivity contribution is 5.94. The van der Waals surface area contributed by atoms with E-state index in [0.29, 0.717) is 29.1 Å². The molecule has 6 heteroatoms. The van der Waals surface area contributed by atoms with Crippen molar-refractivity contribution in [3.8, 4) is 5.75 Å². The Morgan fingerprint density at radius 1 is 1.25 bits per heavy atom. The van der Waals surface area contributed by atoms with Crippen LogP contribution in [0.5, 0.6) is 5.75 Å². The fourth-order valence-electron chi connectivity index (χ4n) is 3.22. The summed E-state index contributed by atoms with van der Waals surface area (Å²) in [7, 11) is 0. The predicted octanol–water partition coefficient (Wildman–Crippen LogP) is 4.76. The van der Waals surface area contributed by atoms with Gasteiger partial charge < -0.3 is 14.6 Å². The number of fused-ring (bicyclic) bond motifs is 1. The smallest absolute Gasteiger partial charge is 0.419 e. The van der Waals surface area contributed by atoms with Crippen molar-refractivity contribution in [2.24, 2.45) is 0 Å². The quantitative estimate of drug-likeness (QED) is 0.704. The van der Waals surface area contributed by atoms with Crippen LogP contribution in [0, 0.1) is 6.92 Å². The van der Waals surface area contributed by atoms with Crippen LogP contribution in [0.1, 0.15) is 50.8 Å². The maximum atomic E-state index is 12.7. The molecule has 0 fully saturated rings. The fourth-order valence-corrected chi connectivity index (χ4v) is 3.22. The molecule has 0 aliphatic carbocycles. The number of nitrogens with zero attached hydrogens (tertiary/aromatic N) is 2.